The Morgan fingerprint density at radius 2 is 0.833 bits per heavy atom. The van der Waals surface area contributed by atoms with Gasteiger partial charge in [-0.1, -0.05) is 71.8 Å². The van der Waals surface area contributed by atoms with Gasteiger partial charge >= 0.3 is 20.2 Å². The van der Waals surface area contributed by atoms with Crippen LogP contribution in [0.2, 0.25) is 0 Å². The average molecular weight is 765 g/mol. The topological polar surface area (TPSA) is 127 Å². The zero-order valence-corrected chi connectivity index (χ0v) is 32.3. The minimum atomic E-state index is -4.56. The van der Waals surface area contributed by atoms with Crippen LogP contribution < -0.4 is 18.2 Å². The lowest BCUT2D eigenvalue weighted by atomic mass is 10.0. The number of carbonyl (C=O) groups is 2. The molecular weight excluding hydrogens is 725 g/mol. The van der Waals surface area contributed by atoms with E-state index in [1.54, 1.807) is 62.4 Å². The van der Waals surface area contributed by atoms with E-state index in [1.165, 1.54) is 48.6 Å². The minimum Gasteiger partial charge on any atom is -0.378 e. The lowest BCUT2D eigenvalue weighted by molar-refractivity contribution is 0.104. The van der Waals surface area contributed by atoms with Gasteiger partial charge in [-0.05, 0) is 91.7 Å². The third-order valence-corrected chi connectivity index (χ3v) is 10.8. The first kappa shape index (κ1) is 39.2. The smallest absolute Gasteiger partial charge is 0.339 e. The van der Waals surface area contributed by atoms with Crippen molar-refractivity contribution in [3.63, 3.8) is 0 Å². The van der Waals surface area contributed by atoms with Crippen molar-refractivity contribution >= 4 is 55.3 Å². The van der Waals surface area contributed by atoms with Crippen molar-refractivity contribution in [1.82, 2.24) is 0 Å². The minimum absolute atomic E-state index is 0.207. The number of hydrogen-bond acceptors (Lipinski definition) is 10. The highest BCUT2D eigenvalue weighted by Gasteiger charge is 2.27. The zero-order chi connectivity index (χ0) is 39.2. The number of aryl methyl sites for hydroxylation is 2. The molecule has 5 aromatic carbocycles. The molecule has 5 rings (SSSR count). The van der Waals surface area contributed by atoms with Gasteiger partial charge in [0, 0.05) is 45.6 Å². The molecule has 0 unspecified atom stereocenters. The number of anilines is 2. The van der Waals surface area contributed by atoms with Crippen LogP contribution in [-0.2, 0) is 20.2 Å². The van der Waals surface area contributed by atoms with E-state index < -0.39 is 43.3 Å². The van der Waals surface area contributed by atoms with E-state index in [4.69, 9.17) is 8.37 Å². The summed E-state index contributed by atoms with van der Waals surface area (Å²) in [5.74, 6) is -2.51. The number of hydrogen-bond donors (Lipinski definition) is 0. The van der Waals surface area contributed by atoms with E-state index in [-0.39, 0.29) is 20.9 Å². The molecule has 0 aromatic heterocycles. The van der Waals surface area contributed by atoms with Gasteiger partial charge < -0.3 is 18.2 Å². The third kappa shape index (κ3) is 9.71. The van der Waals surface area contributed by atoms with E-state index in [2.05, 4.69) is 0 Å². The Labute approximate surface area is 316 Å². The molecule has 0 saturated carbocycles. The molecule has 0 fully saturated rings. The van der Waals surface area contributed by atoms with Crippen molar-refractivity contribution in [2.75, 3.05) is 38.0 Å². The van der Waals surface area contributed by atoms with Crippen LogP contribution in [0.3, 0.4) is 0 Å². The Morgan fingerprint density at radius 1 is 0.500 bits per heavy atom. The van der Waals surface area contributed by atoms with Gasteiger partial charge in [0.05, 0.1) is 11.1 Å². The van der Waals surface area contributed by atoms with Crippen LogP contribution in [0.15, 0.2) is 131 Å². The molecule has 0 aliphatic heterocycles. The van der Waals surface area contributed by atoms with Gasteiger partial charge in [-0.3, -0.25) is 9.59 Å². The highest BCUT2D eigenvalue weighted by Crippen LogP contribution is 2.35. The maximum atomic E-state index is 13.9. The predicted molar refractivity (Wildman–Crippen MR) is 213 cm³/mol. The van der Waals surface area contributed by atoms with Gasteiger partial charge in [0.15, 0.2) is 23.1 Å². The molecule has 5 aromatic rings. The highest BCUT2D eigenvalue weighted by atomic mass is 32.2. The Balaban J connectivity index is 1.65. The molecular formula is C42H40N2O8S2. The van der Waals surface area contributed by atoms with Crippen LogP contribution in [0.4, 0.5) is 11.4 Å². The van der Waals surface area contributed by atoms with Gasteiger partial charge in [0.2, 0.25) is 0 Å². The number of nitrogens with zero attached hydrogens (tertiary/aromatic N) is 2. The summed E-state index contributed by atoms with van der Waals surface area (Å²) >= 11 is 0. The van der Waals surface area contributed by atoms with Gasteiger partial charge in [-0.25, -0.2) is 0 Å². The number of rotatable bonds is 14. The van der Waals surface area contributed by atoms with Gasteiger partial charge in [0.25, 0.3) is 0 Å². The van der Waals surface area contributed by atoms with E-state index in [1.807, 2.05) is 62.3 Å². The van der Waals surface area contributed by atoms with Crippen LogP contribution in [-0.4, -0.2) is 56.6 Å². The van der Waals surface area contributed by atoms with Crippen LogP contribution >= 0.6 is 0 Å². The SMILES string of the molecule is Cc1ccc(S(=O)(=O)Oc2cc(OS(=O)(=O)c3ccc(C)cc3)c(C(=O)/C=C/c3ccc(N(C)C)cc3)cc2C(=O)/C=C/c2ccc(N(C)C)cc2)cc1. The maximum absolute atomic E-state index is 13.9. The molecule has 12 heteroatoms. The number of ketones is 2. The molecule has 0 aliphatic carbocycles. The average Bonchev–Trinajstić information content (AvgIpc) is 3.13. The van der Waals surface area contributed by atoms with E-state index >= 15 is 0 Å². The predicted octanol–water partition coefficient (Wildman–Crippen LogP) is 7.76. The summed E-state index contributed by atoms with van der Waals surface area (Å²) < 4.78 is 65.3. The summed E-state index contributed by atoms with van der Waals surface area (Å²) in [5, 5.41) is 0. The van der Waals surface area contributed by atoms with Crippen LogP contribution in [0.1, 0.15) is 43.0 Å². The van der Waals surface area contributed by atoms with Crippen molar-refractivity contribution in [1.29, 1.82) is 0 Å². The van der Waals surface area contributed by atoms with Gasteiger partial charge in [-0.15, -0.1) is 0 Å². The fourth-order valence-electron chi connectivity index (χ4n) is 5.12. The summed E-state index contributed by atoms with van der Waals surface area (Å²) in [6.45, 7) is 3.57. The van der Waals surface area contributed by atoms with Crippen LogP contribution in [0.25, 0.3) is 12.2 Å². The molecule has 0 N–H and O–H groups in total. The molecule has 0 amide bonds. The molecule has 0 bridgehead atoms. The van der Waals surface area contributed by atoms with Crippen molar-refractivity contribution in [2.24, 2.45) is 0 Å². The summed E-state index contributed by atoms with van der Waals surface area (Å²) in [6.07, 6.45) is 5.49. The van der Waals surface area contributed by atoms with Gasteiger partial charge in [0.1, 0.15) is 9.79 Å². The lowest BCUT2D eigenvalue weighted by Crippen LogP contribution is -2.16. The molecule has 10 nitrogen and oxygen atoms in total. The van der Waals surface area contributed by atoms with Crippen molar-refractivity contribution < 1.29 is 34.8 Å². The first-order valence-electron chi connectivity index (χ1n) is 16.7. The summed E-state index contributed by atoms with van der Waals surface area (Å²) in [6, 6.07) is 28.4. The first-order chi connectivity index (χ1) is 25.5. The Bertz CT molecular complexity index is 2260. The second kappa shape index (κ2) is 16.4. The van der Waals surface area contributed by atoms with Crippen LogP contribution in [0, 0.1) is 13.8 Å². The van der Waals surface area contributed by atoms with Crippen molar-refractivity contribution in [3.05, 3.63) is 155 Å². The molecule has 0 spiro atoms. The molecule has 0 radical (unpaired) electrons. The van der Waals surface area contributed by atoms with E-state index in [9.17, 15) is 26.4 Å². The monoisotopic (exact) mass is 764 g/mol. The summed E-state index contributed by atoms with van der Waals surface area (Å²) in [4.78, 5) is 31.2. The third-order valence-electron chi connectivity index (χ3n) is 8.30. The molecule has 54 heavy (non-hydrogen) atoms. The highest BCUT2D eigenvalue weighted by molar-refractivity contribution is 7.87. The molecule has 0 aliphatic rings. The molecule has 278 valence electrons. The lowest BCUT2D eigenvalue weighted by Gasteiger charge is -2.16. The molecule has 0 heterocycles. The molecule has 0 saturated heterocycles. The van der Waals surface area contributed by atoms with Crippen molar-refractivity contribution in [3.8, 4) is 11.5 Å². The second-order valence-corrected chi connectivity index (χ2v) is 16.0. The fraction of sp³-hybridized carbons (Fsp3) is 0.143. The second-order valence-electron chi connectivity index (χ2n) is 12.9. The Hall–Kier alpha value is -5.98. The quantitative estimate of drug-likeness (QED) is 0.0629. The van der Waals surface area contributed by atoms with Gasteiger partial charge in [-0.2, -0.15) is 16.8 Å². The molecule has 0 atom stereocenters. The Kier molecular flexibility index (Phi) is 11.9. The number of allylic oxidation sites excluding steroid dienone is 2. The fourth-order valence-corrected chi connectivity index (χ4v) is 7.00. The standard InChI is InChI=1S/C42H40N2O8S2/c1-29-7-21-35(22-8-29)53(47,48)51-41-28-42(52-54(49,50)36-23-9-30(2)10-24-36)38(40(46)26-16-32-13-19-34(20-14-32)44(5)6)27-37(41)39(45)25-15-31-11-17-33(18-12-31)43(3)4/h7-28H,1-6H3/b25-15+,26-16+. The van der Waals surface area contributed by atoms with E-state index in [0.29, 0.717) is 11.1 Å². The first-order valence-corrected chi connectivity index (χ1v) is 19.5. The normalized spacial score (nSPS) is 11.8. The zero-order valence-electron chi connectivity index (χ0n) is 30.7. The largest absolute Gasteiger partial charge is 0.378 e. The van der Waals surface area contributed by atoms with Crippen LogP contribution in [0.5, 0.6) is 11.5 Å². The van der Waals surface area contributed by atoms with Crippen molar-refractivity contribution in [2.45, 2.75) is 23.6 Å². The number of carbonyl (C=O) groups excluding carboxylic acids is 2. The maximum Gasteiger partial charge on any atom is 0.339 e. The Morgan fingerprint density at radius 3 is 1.15 bits per heavy atom. The summed E-state index contributed by atoms with van der Waals surface area (Å²) in [5.41, 5.74) is 4.19. The van der Waals surface area contributed by atoms with E-state index in [0.717, 1.165) is 34.6 Å². The number of benzene rings is 5. The summed E-state index contributed by atoms with van der Waals surface area (Å²) in [7, 11) is -1.53.